The molecule has 30 heavy (non-hydrogen) atoms. The van der Waals surface area contributed by atoms with Gasteiger partial charge in [0.1, 0.15) is 40.8 Å². The number of ether oxygens (including phenoxy) is 2. The molecule has 156 valence electrons. The first-order valence-corrected chi connectivity index (χ1v) is 10.3. The number of phenolic OH excluding ortho intramolecular Hbond substituents is 1. The van der Waals surface area contributed by atoms with Crippen molar-refractivity contribution in [3.8, 4) is 28.6 Å². The van der Waals surface area contributed by atoms with E-state index in [1.807, 2.05) is 45.9 Å². The van der Waals surface area contributed by atoms with Crippen molar-refractivity contribution in [2.75, 3.05) is 0 Å². The maximum atomic E-state index is 10.5. The lowest BCUT2D eigenvalue weighted by atomic mass is 9.89. The van der Waals surface area contributed by atoms with Crippen molar-refractivity contribution in [2.45, 2.75) is 58.8 Å². The number of rotatable bonds is 2. The second-order valence-electron chi connectivity index (χ2n) is 9.01. The summed E-state index contributed by atoms with van der Waals surface area (Å²) in [6.07, 6.45) is 2.61. The van der Waals surface area contributed by atoms with Gasteiger partial charge in [-0.15, -0.1) is 0 Å². The molecule has 0 aliphatic carbocycles. The van der Waals surface area contributed by atoms with Crippen molar-refractivity contribution in [3.63, 3.8) is 0 Å². The lowest BCUT2D eigenvalue weighted by molar-refractivity contribution is -0.0412. The Hall–Kier alpha value is -2.92. The molecule has 5 rings (SSSR count). The molecule has 2 N–H and O–H groups in total. The molecule has 0 spiro atoms. The van der Waals surface area contributed by atoms with Gasteiger partial charge in [0.05, 0.1) is 11.7 Å². The van der Waals surface area contributed by atoms with Crippen LogP contribution in [-0.2, 0) is 19.4 Å². The molecule has 0 amide bonds. The first-order valence-electron chi connectivity index (χ1n) is 10.3. The Kier molecular flexibility index (Phi) is 4.16. The van der Waals surface area contributed by atoms with Crippen molar-refractivity contribution in [1.29, 1.82) is 0 Å². The summed E-state index contributed by atoms with van der Waals surface area (Å²) in [6.45, 7) is 8.25. The SMILES string of the molecule is CC(C)=CCc1c(O)ccc2c3c(oc12)-c1cc2c(cc1OC3)OC(C)(C)[C@H](O)C2. The number of aliphatic hydroxyl groups excluding tert-OH is 1. The van der Waals surface area contributed by atoms with Crippen LogP contribution in [0.25, 0.3) is 22.3 Å². The smallest absolute Gasteiger partial charge is 0.145 e. The van der Waals surface area contributed by atoms with Gasteiger partial charge in [0, 0.05) is 29.0 Å². The van der Waals surface area contributed by atoms with E-state index in [9.17, 15) is 10.2 Å². The molecule has 2 aliphatic rings. The highest BCUT2D eigenvalue weighted by Crippen LogP contribution is 2.48. The second-order valence-corrected chi connectivity index (χ2v) is 9.01. The van der Waals surface area contributed by atoms with Crippen LogP contribution in [0.3, 0.4) is 0 Å². The molecule has 0 saturated heterocycles. The highest BCUT2D eigenvalue weighted by atomic mass is 16.5. The predicted molar refractivity (Wildman–Crippen MR) is 115 cm³/mol. The molecule has 3 heterocycles. The van der Waals surface area contributed by atoms with Crippen molar-refractivity contribution in [2.24, 2.45) is 0 Å². The van der Waals surface area contributed by atoms with Crippen molar-refractivity contribution < 1.29 is 24.1 Å². The Morgan fingerprint density at radius 3 is 2.77 bits per heavy atom. The summed E-state index contributed by atoms with van der Waals surface area (Å²) in [4.78, 5) is 0. The third-order valence-electron chi connectivity index (χ3n) is 6.12. The van der Waals surface area contributed by atoms with Crippen molar-refractivity contribution >= 4 is 11.0 Å². The van der Waals surface area contributed by atoms with E-state index in [1.165, 1.54) is 5.57 Å². The molecule has 0 saturated carbocycles. The quantitative estimate of drug-likeness (QED) is 0.567. The van der Waals surface area contributed by atoms with E-state index >= 15 is 0 Å². The van der Waals surface area contributed by atoms with Gasteiger partial charge in [0.2, 0.25) is 0 Å². The molecule has 2 aliphatic heterocycles. The number of aromatic hydroxyl groups is 1. The van der Waals surface area contributed by atoms with E-state index in [4.69, 9.17) is 13.9 Å². The predicted octanol–water partition coefficient (Wildman–Crippen LogP) is 5.28. The normalized spacial score (nSPS) is 18.6. The Labute approximate surface area is 175 Å². The number of phenols is 1. The summed E-state index contributed by atoms with van der Waals surface area (Å²) >= 11 is 0. The minimum atomic E-state index is -0.641. The van der Waals surface area contributed by atoms with Gasteiger partial charge in [-0.25, -0.2) is 0 Å². The molecular weight excluding hydrogens is 380 g/mol. The number of benzene rings is 2. The molecule has 3 aromatic rings. The average Bonchev–Trinajstić information content (AvgIpc) is 3.05. The van der Waals surface area contributed by atoms with E-state index in [0.29, 0.717) is 30.8 Å². The molecule has 0 unspecified atom stereocenters. The van der Waals surface area contributed by atoms with Crippen LogP contribution in [0.2, 0.25) is 0 Å². The van der Waals surface area contributed by atoms with Crippen LogP contribution in [-0.4, -0.2) is 21.9 Å². The Morgan fingerprint density at radius 2 is 2.00 bits per heavy atom. The fourth-order valence-corrected chi connectivity index (χ4v) is 4.23. The highest BCUT2D eigenvalue weighted by molar-refractivity contribution is 5.93. The first kappa shape index (κ1) is 19.1. The summed E-state index contributed by atoms with van der Waals surface area (Å²) in [5.74, 6) is 2.45. The largest absolute Gasteiger partial charge is 0.508 e. The number of fused-ring (bicyclic) bond motifs is 6. The molecule has 0 bridgehead atoms. The van der Waals surface area contributed by atoms with Gasteiger partial charge in [0.25, 0.3) is 0 Å². The van der Waals surface area contributed by atoms with Gasteiger partial charge in [-0.05, 0) is 57.9 Å². The maximum Gasteiger partial charge on any atom is 0.145 e. The van der Waals surface area contributed by atoms with E-state index in [1.54, 1.807) is 6.07 Å². The van der Waals surface area contributed by atoms with Crippen LogP contribution in [0.1, 0.15) is 44.4 Å². The summed E-state index contributed by atoms with van der Waals surface area (Å²) in [7, 11) is 0. The van der Waals surface area contributed by atoms with Crippen LogP contribution < -0.4 is 9.47 Å². The summed E-state index contributed by atoms with van der Waals surface area (Å²) in [5, 5.41) is 21.9. The van der Waals surface area contributed by atoms with Gasteiger partial charge in [-0.2, -0.15) is 0 Å². The molecule has 5 nitrogen and oxygen atoms in total. The second kappa shape index (κ2) is 6.54. The number of hydrogen-bond acceptors (Lipinski definition) is 5. The zero-order valence-electron chi connectivity index (χ0n) is 17.7. The van der Waals surface area contributed by atoms with E-state index in [-0.39, 0.29) is 5.75 Å². The van der Waals surface area contributed by atoms with Gasteiger partial charge < -0.3 is 24.1 Å². The molecule has 0 radical (unpaired) electrons. The summed E-state index contributed by atoms with van der Waals surface area (Å²) < 4.78 is 18.4. The Bertz CT molecular complexity index is 1190. The number of furan rings is 1. The standard InChI is InChI=1S/C25H26O5/c1-13(2)5-6-16-19(26)8-7-15-18-12-28-21-11-20-14(10-22(27)25(3,4)30-20)9-17(21)24(18)29-23(15)16/h5,7-9,11,22,26-27H,6,10,12H2,1-4H3/t22-/m1/s1. The minimum absolute atomic E-state index is 0.233. The van der Waals surface area contributed by atoms with Gasteiger partial charge in [-0.1, -0.05) is 11.6 Å². The minimum Gasteiger partial charge on any atom is -0.508 e. The number of aliphatic hydroxyl groups is 1. The van der Waals surface area contributed by atoms with Crippen molar-refractivity contribution in [3.05, 3.63) is 52.6 Å². The maximum absolute atomic E-state index is 10.5. The lowest BCUT2D eigenvalue weighted by Gasteiger charge is -2.37. The monoisotopic (exact) mass is 406 g/mol. The topological polar surface area (TPSA) is 72.1 Å². The average molecular weight is 406 g/mol. The molecule has 5 heteroatoms. The third-order valence-corrected chi connectivity index (χ3v) is 6.12. The molecule has 2 aromatic carbocycles. The van der Waals surface area contributed by atoms with Crippen LogP contribution in [0.4, 0.5) is 0 Å². The highest BCUT2D eigenvalue weighted by Gasteiger charge is 2.37. The first-order chi connectivity index (χ1) is 14.2. The summed E-state index contributed by atoms with van der Waals surface area (Å²) in [5.41, 5.74) is 4.79. The number of hydrogen-bond donors (Lipinski definition) is 2. The Balaban J connectivity index is 1.67. The van der Waals surface area contributed by atoms with Crippen molar-refractivity contribution in [1.82, 2.24) is 0 Å². The van der Waals surface area contributed by atoms with Crippen LogP contribution in [0.5, 0.6) is 17.2 Å². The van der Waals surface area contributed by atoms with E-state index < -0.39 is 11.7 Å². The number of allylic oxidation sites excluding steroid dienone is 2. The van der Waals surface area contributed by atoms with Crippen LogP contribution >= 0.6 is 0 Å². The zero-order chi connectivity index (χ0) is 21.2. The van der Waals surface area contributed by atoms with E-state index in [2.05, 4.69) is 6.08 Å². The van der Waals surface area contributed by atoms with Crippen LogP contribution in [0, 0.1) is 0 Å². The Morgan fingerprint density at radius 1 is 1.20 bits per heavy atom. The summed E-state index contributed by atoms with van der Waals surface area (Å²) in [6, 6.07) is 7.51. The molecular formula is C25H26O5. The fraction of sp³-hybridized carbons (Fsp3) is 0.360. The van der Waals surface area contributed by atoms with E-state index in [0.717, 1.165) is 39.1 Å². The van der Waals surface area contributed by atoms with Gasteiger partial charge in [-0.3, -0.25) is 0 Å². The molecule has 1 aromatic heterocycles. The van der Waals surface area contributed by atoms with Gasteiger partial charge >= 0.3 is 0 Å². The third kappa shape index (κ3) is 2.88. The van der Waals surface area contributed by atoms with Crippen LogP contribution in [0.15, 0.2) is 40.3 Å². The molecule has 0 fully saturated rings. The van der Waals surface area contributed by atoms with Gasteiger partial charge in [0.15, 0.2) is 0 Å². The zero-order valence-corrected chi connectivity index (χ0v) is 17.7. The fourth-order valence-electron chi connectivity index (χ4n) is 4.23. The lowest BCUT2D eigenvalue weighted by Crippen LogP contribution is -2.46. The molecule has 1 atom stereocenters.